The van der Waals surface area contributed by atoms with Crippen LogP contribution in [0.3, 0.4) is 0 Å². The number of imidazole rings is 1. The number of nitrogens with zero attached hydrogens (tertiary/aromatic N) is 3. The van der Waals surface area contributed by atoms with Crippen LogP contribution in [-0.2, 0) is 22.7 Å². The molecule has 0 unspecified atom stereocenters. The Kier molecular flexibility index (Phi) is 6.61. The fourth-order valence-corrected chi connectivity index (χ4v) is 4.61. The minimum absolute atomic E-state index is 0.153. The summed E-state index contributed by atoms with van der Waals surface area (Å²) in [7, 11) is 0. The lowest BCUT2D eigenvalue weighted by atomic mass is 10.2. The molecule has 2 heterocycles. The van der Waals surface area contributed by atoms with E-state index in [0.29, 0.717) is 5.69 Å². The zero-order valence-electron chi connectivity index (χ0n) is 17.7. The summed E-state index contributed by atoms with van der Waals surface area (Å²) >= 11 is 1.43. The number of fused-ring (bicyclic) bond motifs is 1. The fourth-order valence-electron chi connectivity index (χ4n) is 3.62. The van der Waals surface area contributed by atoms with Crippen LogP contribution in [0.15, 0.2) is 71.9 Å². The molecule has 0 bridgehead atoms. The molecule has 0 spiro atoms. The maximum absolute atomic E-state index is 12.9. The molecule has 2 aromatic heterocycles. The summed E-state index contributed by atoms with van der Waals surface area (Å²) in [5.41, 5.74) is 3.01. The van der Waals surface area contributed by atoms with Crippen molar-refractivity contribution in [1.82, 2.24) is 19.4 Å². The van der Waals surface area contributed by atoms with Gasteiger partial charge in [-0.05, 0) is 18.6 Å². The number of aromatic amines is 1. The second kappa shape index (κ2) is 9.74. The second-order valence-electron chi connectivity index (χ2n) is 7.55. The van der Waals surface area contributed by atoms with Crippen LogP contribution in [-0.4, -0.2) is 48.7 Å². The van der Waals surface area contributed by atoms with Gasteiger partial charge in [0.2, 0.25) is 5.91 Å². The predicted octanol–water partition coefficient (Wildman–Crippen LogP) is 3.93. The lowest BCUT2D eigenvalue weighted by Gasteiger charge is -2.19. The van der Waals surface area contributed by atoms with Crippen molar-refractivity contribution >= 4 is 34.5 Å². The Morgan fingerprint density at radius 2 is 1.88 bits per heavy atom. The number of carbonyl (C=O) groups is 2. The highest BCUT2D eigenvalue weighted by molar-refractivity contribution is 8.00. The van der Waals surface area contributed by atoms with Crippen LogP contribution in [0.1, 0.15) is 17.1 Å². The molecule has 7 nitrogen and oxygen atoms in total. The molecular weight excluding hydrogens is 424 g/mol. The molecule has 164 valence electrons. The van der Waals surface area contributed by atoms with Crippen LogP contribution in [0.2, 0.25) is 0 Å². The number of amides is 1. The summed E-state index contributed by atoms with van der Waals surface area (Å²) in [5.74, 6) is -0.397. The molecule has 2 aromatic carbocycles. The van der Waals surface area contributed by atoms with E-state index in [2.05, 4.69) is 38.9 Å². The normalized spacial score (nSPS) is 11.0. The standard InChI is InChI=1S/C24H24N4O3S/c1-17-25-11-19(26-17)13-28(15-24(30)31)23(29)16-32-22-14-27(12-18-7-3-2-4-8-18)21-10-6-5-9-20(21)22/h2-11,14H,12-13,15-16H2,1H3,(H,25,26)(H,30,31). The van der Waals surface area contributed by atoms with Gasteiger partial charge in [-0.2, -0.15) is 0 Å². The van der Waals surface area contributed by atoms with Crippen LogP contribution in [0.25, 0.3) is 10.9 Å². The third kappa shape index (κ3) is 5.20. The zero-order valence-corrected chi connectivity index (χ0v) is 18.5. The average molecular weight is 449 g/mol. The van der Waals surface area contributed by atoms with E-state index in [0.717, 1.165) is 28.2 Å². The molecule has 8 heteroatoms. The van der Waals surface area contributed by atoms with E-state index in [1.165, 1.54) is 22.2 Å². The Balaban J connectivity index is 1.51. The maximum atomic E-state index is 12.9. The van der Waals surface area contributed by atoms with Crippen molar-refractivity contribution in [3.63, 3.8) is 0 Å². The minimum atomic E-state index is -1.04. The molecule has 0 atom stereocenters. The number of benzene rings is 2. The number of hydrogen-bond acceptors (Lipinski definition) is 4. The van der Waals surface area contributed by atoms with Crippen molar-refractivity contribution in [1.29, 1.82) is 0 Å². The van der Waals surface area contributed by atoms with Crippen LogP contribution < -0.4 is 0 Å². The number of H-pyrrole nitrogens is 1. The highest BCUT2D eigenvalue weighted by Gasteiger charge is 2.19. The fraction of sp³-hybridized carbons (Fsp3) is 0.208. The monoisotopic (exact) mass is 448 g/mol. The summed E-state index contributed by atoms with van der Waals surface area (Å²) in [6.07, 6.45) is 3.69. The first kappa shape index (κ1) is 21.7. The van der Waals surface area contributed by atoms with Crippen molar-refractivity contribution in [2.45, 2.75) is 24.9 Å². The number of para-hydroxylation sites is 1. The lowest BCUT2D eigenvalue weighted by Crippen LogP contribution is -2.36. The van der Waals surface area contributed by atoms with Gasteiger partial charge < -0.3 is 19.6 Å². The number of hydrogen-bond donors (Lipinski definition) is 2. The number of aliphatic carboxylic acids is 1. The molecule has 2 N–H and O–H groups in total. The van der Waals surface area contributed by atoms with Gasteiger partial charge in [-0.1, -0.05) is 48.5 Å². The van der Waals surface area contributed by atoms with Crippen LogP contribution in [0.5, 0.6) is 0 Å². The molecule has 32 heavy (non-hydrogen) atoms. The lowest BCUT2D eigenvalue weighted by molar-refractivity contribution is -0.143. The van der Waals surface area contributed by atoms with Gasteiger partial charge >= 0.3 is 5.97 Å². The van der Waals surface area contributed by atoms with Gasteiger partial charge in [0, 0.05) is 28.5 Å². The summed E-state index contributed by atoms with van der Waals surface area (Å²) in [6.45, 7) is 2.38. The molecular formula is C24H24N4O3S. The van der Waals surface area contributed by atoms with E-state index in [1.807, 2.05) is 43.3 Å². The SMILES string of the molecule is Cc1ncc(CN(CC(=O)O)C(=O)CSc2cn(Cc3ccccc3)c3ccccc23)[nH]1. The molecule has 0 aliphatic carbocycles. The van der Waals surface area contributed by atoms with Crippen LogP contribution >= 0.6 is 11.8 Å². The second-order valence-corrected chi connectivity index (χ2v) is 8.57. The summed E-state index contributed by atoms with van der Waals surface area (Å²) < 4.78 is 2.18. The van der Waals surface area contributed by atoms with Crippen LogP contribution in [0, 0.1) is 6.92 Å². The largest absolute Gasteiger partial charge is 0.480 e. The minimum Gasteiger partial charge on any atom is -0.480 e. The van der Waals surface area contributed by atoms with Gasteiger partial charge in [-0.15, -0.1) is 11.8 Å². The highest BCUT2D eigenvalue weighted by Crippen LogP contribution is 2.30. The molecule has 4 rings (SSSR count). The zero-order chi connectivity index (χ0) is 22.5. The smallest absolute Gasteiger partial charge is 0.323 e. The van der Waals surface area contributed by atoms with E-state index in [9.17, 15) is 14.7 Å². The Bertz CT molecular complexity index is 1230. The molecule has 0 radical (unpaired) electrons. The first-order chi connectivity index (χ1) is 15.5. The summed E-state index contributed by atoms with van der Waals surface area (Å²) in [5, 5.41) is 10.3. The van der Waals surface area contributed by atoms with Gasteiger partial charge in [-0.25, -0.2) is 4.98 Å². The molecule has 0 saturated heterocycles. The van der Waals surface area contributed by atoms with E-state index in [4.69, 9.17) is 0 Å². The van der Waals surface area contributed by atoms with E-state index in [-0.39, 0.29) is 24.7 Å². The molecule has 1 amide bonds. The number of carbonyl (C=O) groups excluding carboxylic acids is 1. The van der Waals surface area contributed by atoms with Gasteiger partial charge in [0.05, 0.1) is 24.2 Å². The van der Waals surface area contributed by atoms with Crippen molar-refractivity contribution in [2.24, 2.45) is 0 Å². The number of carboxylic acids is 1. The maximum Gasteiger partial charge on any atom is 0.323 e. The van der Waals surface area contributed by atoms with Crippen molar-refractivity contribution in [2.75, 3.05) is 12.3 Å². The number of aryl methyl sites for hydroxylation is 1. The predicted molar refractivity (Wildman–Crippen MR) is 125 cm³/mol. The van der Waals surface area contributed by atoms with E-state index < -0.39 is 5.97 Å². The Morgan fingerprint density at radius 1 is 1.12 bits per heavy atom. The molecule has 0 aliphatic heterocycles. The Morgan fingerprint density at radius 3 is 2.59 bits per heavy atom. The van der Waals surface area contributed by atoms with Gasteiger partial charge in [-0.3, -0.25) is 9.59 Å². The van der Waals surface area contributed by atoms with Gasteiger partial charge in [0.15, 0.2) is 0 Å². The Labute approximate surface area is 190 Å². The summed E-state index contributed by atoms with van der Waals surface area (Å²) in [4.78, 5) is 33.7. The van der Waals surface area contributed by atoms with Gasteiger partial charge in [0.1, 0.15) is 12.4 Å². The Hall–Kier alpha value is -3.52. The van der Waals surface area contributed by atoms with Crippen LogP contribution in [0.4, 0.5) is 0 Å². The number of nitrogens with one attached hydrogen (secondary N) is 1. The number of thioether (sulfide) groups is 1. The molecule has 0 aliphatic rings. The highest BCUT2D eigenvalue weighted by atomic mass is 32.2. The topological polar surface area (TPSA) is 91.2 Å². The third-order valence-electron chi connectivity index (χ3n) is 5.09. The number of aromatic nitrogens is 3. The van der Waals surface area contributed by atoms with Crippen molar-refractivity contribution in [3.05, 3.63) is 84.1 Å². The van der Waals surface area contributed by atoms with Crippen molar-refractivity contribution in [3.8, 4) is 0 Å². The summed E-state index contributed by atoms with van der Waals surface area (Å²) in [6, 6.07) is 18.3. The number of carboxylic acid groups (broad SMARTS) is 1. The van der Waals surface area contributed by atoms with E-state index in [1.54, 1.807) is 6.20 Å². The van der Waals surface area contributed by atoms with Gasteiger partial charge in [0.25, 0.3) is 0 Å². The first-order valence-corrected chi connectivity index (χ1v) is 11.2. The molecule has 0 fully saturated rings. The molecule has 0 saturated carbocycles. The third-order valence-corrected chi connectivity index (χ3v) is 6.12. The van der Waals surface area contributed by atoms with Crippen molar-refractivity contribution < 1.29 is 14.7 Å². The quantitative estimate of drug-likeness (QED) is 0.379. The average Bonchev–Trinajstić information content (AvgIpc) is 3.35. The van der Waals surface area contributed by atoms with E-state index >= 15 is 0 Å². The first-order valence-electron chi connectivity index (χ1n) is 10.2. The number of rotatable bonds is 9. The molecule has 4 aromatic rings.